The van der Waals surface area contributed by atoms with E-state index in [1.54, 1.807) is 66.7 Å². The molecule has 0 bridgehead atoms. The molecule has 22 heteroatoms. The molecule has 22 nitrogen and oxygen atoms in total. The molecule has 0 saturated carbocycles. The first-order valence-electron chi connectivity index (χ1n) is 29.4. The number of nitrogens with one attached hydrogen (secondary N) is 3. The predicted octanol–water partition coefficient (Wildman–Crippen LogP) is 13.4. The number of allylic oxidation sites excluding steroid dienone is 2. The molecule has 4 rings (SSSR count). The molecular weight excluding hydrogens is 1120 g/mol. The summed E-state index contributed by atoms with van der Waals surface area (Å²) in [5.41, 5.74) is 1.55. The van der Waals surface area contributed by atoms with Crippen LogP contribution in [-0.2, 0) is 55.8 Å². The summed E-state index contributed by atoms with van der Waals surface area (Å²) in [6.07, 6.45) is 2.57. The van der Waals surface area contributed by atoms with Gasteiger partial charge in [-0.25, -0.2) is 24.0 Å². The van der Waals surface area contributed by atoms with Gasteiger partial charge in [0.1, 0.15) is 47.5 Å². The van der Waals surface area contributed by atoms with Crippen LogP contribution in [0.15, 0.2) is 41.9 Å². The lowest BCUT2D eigenvalue weighted by atomic mass is 9.88. The molecule has 0 radical (unpaired) electrons. The predicted molar refractivity (Wildman–Crippen MR) is 337 cm³/mol. The van der Waals surface area contributed by atoms with E-state index in [9.17, 15) is 33.6 Å². The van der Waals surface area contributed by atoms with Crippen molar-refractivity contribution in [1.82, 2.24) is 20.5 Å². The van der Waals surface area contributed by atoms with Gasteiger partial charge in [-0.3, -0.25) is 9.59 Å². The number of carbonyl (C=O) groups is 7. The number of nitrogens with zero attached hydrogens (tertiary/aromatic N) is 1. The van der Waals surface area contributed by atoms with Crippen LogP contribution in [0.25, 0.3) is 28.0 Å². The molecular formula is C65H102N4O18. The van der Waals surface area contributed by atoms with Gasteiger partial charge in [-0.05, 0) is 119 Å². The molecule has 87 heavy (non-hydrogen) atoms. The number of hydrogen-bond donors (Lipinski definition) is 3. The van der Waals surface area contributed by atoms with Gasteiger partial charge in [-0.1, -0.05) is 81.2 Å². The molecule has 1 aromatic heterocycles. The Labute approximate surface area is 517 Å². The second-order valence-electron chi connectivity index (χ2n) is 22.6. The van der Waals surface area contributed by atoms with Crippen molar-refractivity contribution < 1.29 is 85.7 Å². The Balaban J connectivity index is 0.00000302. The van der Waals surface area contributed by atoms with Crippen molar-refractivity contribution in [3.63, 3.8) is 0 Å². The molecule has 0 aliphatic carbocycles. The maximum absolute atomic E-state index is 13.5. The molecule has 3 N–H and O–H groups in total. The van der Waals surface area contributed by atoms with Crippen LogP contribution in [0.5, 0.6) is 28.7 Å². The molecule has 2 unspecified atom stereocenters. The van der Waals surface area contributed by atoms with Crippen molar-refractivity contribution in [3.8, 4) is 51.1 Å². The van der Waals surface area contributed by atoms with Crippen molar-refractivity contribution in [1.29, 1.82) is 0 Å². The first kappa shape index (κ1) is 79.2. The fourth-order valence-electron chi connectivity index (χ4n) is 7.73. The number of carbonyl (C=O) groups excluding carboxylic acids is 7. The van der Waals surface area contributed by atoms with Gasteiger partial charge >= 0.3 is 30.2 Å². The Morgan fingerprint density at radius 2 is 1.16 bits per heavy atom. The number of rotatable bonds is 21. The van der Waals surface area contributed by atoms with Crippen molar-refractivity contribution in [2.75, 3.05) is 48.6 Å². The molecule has 1 aliphatic heterocycles. The molecule has 2 aromatic carbocycles. The number of benzene rings is 2. The van der Waals surface area contributed by atoms with Crippen molar-refractivity contribution in [2.45, 2.75) is 200 Å². The van der Waals surface area contributed by atoms with Crippen LogP contribution in [0.3, 0.4) is 0 Å². The third-order valence-corrected chi connectivity index (χ3v) is 11.6. The SMILES string of the molecule is CC.CC(C)C(C)NC(=O)OC(C)(C)C.CC/C(=C(\C=C(\OC=O)C(C)OC)OC)c1c(-c2ccc(OC(=O)CNC(=O)OC(C)(C)C)c(OC)c2)c2n(c1C=O)CCc1c-2cc(OC)c(OC)c1OC(=O)CNC(=O)OC(C)(C)C.CCC.CCC. The monoisotopic (exact) mass is 1230 g/mol. The second kappa shape index (κ2) is 38.4. The molecule has 0 saturated heterocycles. The van der Waals surface area contributed by atoms with Crippen LogP contribution in [0.1, 0.15) is 179 Å². The summed E-state index contributed by atoms with van der Waals surface area (Å²) in [7, 11) is 7.06. The number of hydrogen-bond acceptors (Lipinski definition) is 18. The zero-order chi connectivity index (χ0) is 67.2. The van der Waals surface area contributed by atoms with E-state index in [-0.39, 0.29) is 84.0 Å². The number of amides is 3. The Kier molecular flexibility index (Phi) is 35.0. The minimum Gasteiger partial charge on any atom is -0.496 e. The minimum atomic E-state index is -0.840. The van der Waals surface area contributed by atoms with Crippen molar-refractivity contribution >= 4 is 48.5 Å². The van der Waals surface area contributed by atoms with Crippen LogP contribution >= 0.6 is 0 Å². The summed E-state index contributed by atoms with van der Waals surface area (Å²) in [5, 5.41) is 7.55. The van der Waals surface area contributed by atoms with Crippen LogP contribution in [0.2, 0.25) is 0 Å². The third-order valence-electron chi connectivity index (χ3n) is 11.6. The van der Waals surface area contributed by atoms with Crippen LogP contribution in [0.4, 0.5) is 14.4 Å². The Morgan fingerprint density at radius 1 is 0.655 bits per heavy atom. The number of fused-ring (bicyclic) bond motifs is 3. The average molecular weight is 1230 g/mol. The molecule has 1 aliphatic rings. The summed E-state index contributed by atoms with van der Waals surface area (Å²) in [6, 6.07) is 6.61. The summed E-state index contributed by atoms with van der Waals surface area (Å²) >= 11 is 0. The van der Waals surface area contributed by atoms with Gasteiger partial charge in [0, 0.05) is 53.6 Å². The molecule has 2 atom stereocenters. The fraction of sp³-hybridized carbons (Fsp3) is 0.585. The van der Waals surface area contributed by atoms with Gasteiger partial charge in [-0.15, -0.1) is 0 Å². The van der Waals surface area contributed by atoms with Crippen molar-refractivity contribution in [2.24, 2.45) is 5.92 Å². The molecule has 3 amide bonds. The molecule has 490 valence electrons. The Hall–Kier alpha value is -7.75. The number of esters is 2. The van der Waals surface area contributed by atoms with E-state index >= 15 is 0 Å². The maximum atomic E-state index is 13.5. The van der Waals surface area contributed by atoms with E-state index in [2.05, 4.69) is 57.5 Å². The first-order chi connectivity index (χ1) is 40.7. The lowest BCUT2D eigenvalue weighted by Crippen LogP contribution is -2.39. The highest BCUT2D eigenvalue weighted by Gasteiger charge is 2.36. The van der Waals surface area contributed by atoms with Gasteiger partial charge in [0.25, 0.3) is 6.47 Å². The largest absolute Gasteiger partial charge is 0.496 e. The topological polar surface area (TPSA) is 262 Å². The standard InChI is InChI=1S/C47H59N3O16.C10H21NO2.2C3H8.C2H6/c1-14-28(34(58-10)21-33(62-25-52)26(2)57-9)40-31(24-51)50-18-17-29-30(20-36(60-12)43(61-13)42(29)64-38(54)23-49-45(56)66-47(6,7)8)41(50)39(40)27-15-16-32(35(19-27)59-11)63-37(53)22-48-44(55)65-46(3,4)5;1-7(2)8(3)11-9(12)13-10(4,5)6;2*1-3-2;1-2/h15-16,19-21,24-26H,14,17-18,22-23H2,1-13H3,(H,48,55)(H,49,56);7-8H,1-6H3,(H,11,12);2*3H2,1-2H3;1-2H3/b33-21+,34-28-;;;;. The number of methoxy groups -OCH3 is 5. The number of ether oxygens (including phenoxy) is 11. The molecule has 0 spiro atoms. The van der Waals surface area contributed by atoms with E-state index < -0.39 is 60.1 Å². The summed E-state index contributed by atoms with van der Waals surface area (Å²) < 4.78 is 63.0. The first-order valence-corrected chi connectivity index (χ1v) is 29.4. The third kappa shape index (κ3) is 26.0. The van der Waals surface area contributed by atoms with E-state index in [0.717, 1.165) is 6.29 Å². The number of aldehydes is 1. The number of alkyl carbamates (subject to hydrolysis) is 3. The highest BCUT2D eigenvalue weighted by atomic mass is 16.6. The summed E-state index contributed by atoms with van der Waals surface area (Å²) in [5.74, 6) is -0.462. The molecule has 0 fully saturated rings. The second-order valence-corrected chi connectivity index (χ2v) is 22.6. The zero-order valence-corrected chi connectivity index (χ0v) is 56.5. The van der Waals surface area contributed by atoms with Crippen LogP contribution < -0.4 is 39.6 Å². The highest BCUT2D eigenvalue weighted by Crippen LogP contribution is 2.53. The summed E-state index contributed by atoms with van der Waals surface area (Å²) in [6.45, 7) is 37.2. The number of aromatic nitrogens is 1. The van der Waals surface area contributed by atoms with Gasteiger partial charge in [0.2, 0.25) is 5.75 Å². The van der Waals surface area contributed by atoms with E-state index in [0.29, 0.717) is 45.0 Å². The quantitative estimate of drug-likeness (QED) is 0.0223. The van der Waals surface area contributed by atoms with Crippen LogP contribution in [0, 0.1) is 5.92 Å². The summed E-state index contributed by atoms with van der Waals surface area (Å²) in [4.78, 5) is 87.5. The van der Waals surface area contributed by atoms with E-state index in [1.807, 2.05) is 53.0 Å². The van der Waals surface area contributed by atoms with Gasteiger partial charge in [0.15, 0.2) is 29.3 Å². The smallest absolute Gasteiger partial charge is 0.408 e. The molecule has 3 aromatic rings. The zero-order valence-electron chi connectivity index (χ0n) is 56.5. The van der Waals surface area contributed by atoms with Gasteiger partial charge < -0.3 is 72.6 Å². The Bertz CT molecular complexity index is 2770. The lowest BCUT2D eigenvalue weighted by molar-refractivity contribution is -0.134. The molecule has 2 heterocycles. The Morgan fingerprint density at radius 3 is 1.59 bits per heavy atom. The maximum Gasteiger partial charge on any atom is 0.408 e. The normalized spacial score (nSPS) is 12.5. The lowest BCUT2D eigenvalue weighted by Gasteiger charge is -2.26. The van der Waals surface area contributed by atoms with Crippen LogP contribution in [-0.4, -0.2) is 125 Å². The van der Waals surface area contributed by atoms with Crippen molar-refractivity contribution in [3.05, 3.63) is 58.7 Å². The highest BCUT2D eigenvalue weighted by molar-refractivity contribution is 6.02. The van der Waals surface area contributed by atoms with Gasteiger partial charge in [0.05, 0.1) is 39.8 Å². The average Bonchev–Trinajstić information content (AvgIpc) is 1.61. The van der Waals surface area contributed by atoms with E-state index in [1.165, 1.54) is 60.5 Å². The fourth-order valence-corrected chi connectivity index (χ4v) is 7.73. The van der Waals surface area contributed by atoms with Gasteiger partial charge in [-0.2, -0.15) is 0 Å². The van der Waals surface area contributed by atoms with E-state index in [4.69, 9.17) is 52.1 Å². The minimum absolute atomic E-state index is 0.0134.